The lowest BCUT2D eigenvalue weighted by molar-refractivity contribution is 0.296. The number of rotatable bonds is 6. The first-order valence-electron chi connectivity index (χ1n) is 4.86. The Balaban J connectivity index is 2.15. The average Bonchev–Trinajstić information content (AvgIpc) is 2.21. The molecule has 0 fully saturated rings. The highest BCUT2D eigenvalue weighted by Crippen LogP contribution is 2.10. The van der Waals surface area contributed by atoms with E-state index in [1.807, 2.05) is 23.9 Å². The molecule has 2 nitrogen and oxygen atoms in total. The molecule has 0 aromatic heterocycles. The maximum Gasteiger partial charge on any atom is 0.0438 e. The van der Waals surface area contributed by atoms with Crippen LogP contribution in [0.25, 0.3) is 0 Å². The summed E-state index contributed by atoms with van der Waals surface area (Å²) in [6.07, 6.45) is 1.97. The van der Waals surface area contributed by atoms with Crippen molar-refractivity contribution in [2.24, 2.45) is 0 Å². The Kier molecular flexibility index (Phi) is 5.49. The Morgan fingerprint density at radius 3 is 2.50 bits per heavy atom. The van der Waals surface area contributed by atoms with Crippen LogP contribution in [0.5, 0.6) is 0 Å². The van der Waals surface area contributed by atoms with Crippen LogP contribution in [0.4, 0.5) is 5.69 Å². The standard InChI is InChI=1S/C11H17NOS/c12-11-4-2-10(3-5-11)6-9-14-8-1-7-13/h2-5,13H,1,6-9,12H2. The summed E-state index contributed by atoms with van der Waals surface area (Å²) < 4.78 is 0. The molecule has 1 rings (SSSR count). The van der Waals surface area contributed by atoms with E-state index >= 15 is 0 Å². The molecule has 1 aromatic rings. The monoisotopic (exact) mass is 211 g/mol. The van der Waals surface area contributed by atoms with Crippen molar-refractivity contribution < 1.29 is 5.11 Å². The predicted octanol–water partition coefficient (Wildman–Crippen LogP) is 1.93. The summed E-state index contributed by atoms with van der Waals surface area (Å²) in [5.41, 5.74) is 7.74. The smallest absolute Gasteiger partial charge is 0.0438 e. The van der Waals surface area contributed by atoms with Crippen LogP contribution in [0.15, 0.2) is 24.3 Å². The second-order valence-electron chi connectivity index (χ2n) is 3.18. The lowest BCUT2D eigenvalue weighted by Gasteiger charge is -2.01. The van der Waals surface area contributed by atoms with Gasteiger partial charge in [0.1, 0.15) is 0 Å². The van der Waals surface area contributed by atoms with Gasteiger partial charge in [0, 0.05) is 12.3 Å². The lowest BCUT2D eigenvalue weighted by atomic mass is 10.2. The molecule has 0 unspecified atom stereocenters. The number of aliphatic hydroxyl groups excluding tert-OH is 1. The van der Waals surface area contributed by atoms with Crippen LogP contribution in [0.2, 0.25) is 0 Å². The van der Waals surface area contributed by atoms with E-state index in [1.165, 1.54) is 5.56 Å². The van der Waals surface area contributed by atoms with Crippen LogP contribution in [0.1, 0.15) is 12.0 Å². The van der Waals surface area contributed by atoms with Gasteiger partial charge in [0.2, 0.25) is 0 Å². The first-order valence-corrected chi connectivity index (χ1v) is 6.01. The van der Waals surface area contributed by atoms with Gasteiger partial charge in [-0.2, -0.15) is 11.8 Å². The van der Waals surface area contributed by atoms with Crippen molar-refractivity contribution >= 4 is 17.4 Å². The van der Waals surface area contributed by atoms with Gasteiger partial charge in [-0.05, 0) is 42.0 Å². The van der Waals surface area contributed by atoms with E-state index in [-0.39, 0.29) is 0 Å². The number of anilines is 1. The summed E-state index contributed by atoms with van der Waals surface area (Å²) in [6, 6.07) is 8.02. The highest BCUT2D eigenvalue weighted by Gasteiger charge is 1.93. The first kappa shape index (κ1) is 11.4. The third-order valence-corrected chi connectivity index (χ3v) is 3.03. The molecule has 0 atom stereocenters. The summed E-state index contributed by atoms with van der Waals surface area (Å²) in [4.78, 5) is 0. The number of aryl methyl sites for hydroxylation is 1. The van der Waals surface area contributed by atoms with Crippen molar-refractivity contribution in [2.45, 2.75) is 12.8 Å². The second kappa shape index (κ2) is 6.74. The maximum absolute atomic E-state index is 8.59. The molecule has 0 radical (unpaired) electrons. The number of hydrogen-bond donors (Lipinski definition) is 2. The first-order chi connectivity index (χ1) is 6.83. The zero-order valence-corrected chi connectivity index (χ0v) is 9.09. The molecule has 0 aliphatic carbocycles. The fraction of sp³-hybridized carbons (Fsp3) is 0.455. The van der Waals surface area contributed by atoms with E-state index in [0.29, 0.717) is 6.61 Å². The zero-order valence-electron chi connectivity index (χ0n) is 8.28. The molecular formula is C11H17NOS. The molecule has 0 saturated heterocycles. The molecule has 1 aromatic carbocycles. The van der Waals surface area contributed by atoms with Gasteiger partial charge in [-0.1, -0.05) is 12.1 Å². The molecule has 0 aliphatic heterocycles. The van der Waals surface area contributed by atoms with Crippen LogP contribution in [0, 0.1) is 0 Å². The molecule has 14 heavy (non-hydrogen) atoms. The SMILES string of the molecule is Nc1ccc(CCSCCCO)cc1. The van der Waals surface area contributed by atoms with E-state index in [2.05, 4.69) is 12.1 Å². The number of thioether (sulfide) groups is 1. The minimum absolute atomic E-state index is 0.300. The van der Waals surface area contributed by atoms with Crippen molar-refractivity contribution in [1.29, 1.82) is 0 Å². The van der Waals surface area contributed by atoms with Gasteiger partial charge < -0.3 is 10.8 Å². The van der Waals surface area contributed by atoms with Gasteiger partial charge in [-0.15, -0.1) is 0 Å². The third-order valence-electron chi connectivity index (χ3n) is 1.96. The fourth-order valence-electron chi connectivity index (χ4n) is 1.14. The highest BCUT2D eigenvalue weighted by atomic mass is 32.2. The van der Waals surface area contributed by atoms with Gasteiger partial charge in [-0.3, -0.25) is 0 Å². The van der Waals surface area contributed by atoms with Crippen LogP contribution >= 0.6 is 11.8 Å². The van der Waals surface area contributed by atoms with Crippen LogP contribution in [-0.2, 0) is 6.42 Å². The number of nitrogen functional groups attached to an aromatic ring is 1. The van der Waals surface area contributed by atoms with E-state index in [4.69, 9.17) is 10.8 Å². The Bertz CT molecular complexity index is 248. The van der Waals surface area contributed by atoms with Gasteiger partial charge in [0.25, 0.3) is 0 Å². The minimum atomic E-state index is 0.300. The van der Waals surface area contributed by atoms with E-state index < -0.39 is 0 Å². The molecule has 0 saturated carbocycles. The van der Waals surface area contributed by atoms with Crippen LogP contribution < -0.4 is 5.73 Å². The molecule has 0 bridgehead atoms. The molecular weight excluding hydrogens is 194 g/mol. The normalized spacial score (nSPS) is 10.4. The fourth-order valence-corrected chi connectivity index (χ4v) is 2.06. The molecule has 78 valence electrons. The average molecular weight is 211 g/mol. The Morgan fingerprint density at radius 2 is 1.86 bits per heavy atom. The Hall–Kier alpha value is -0.670. The third kappa shape index (κ3) is 4.53. The lowest BCUT2D eigenvalue weighted by Crippen LogP contribution is -1.92. The maximum atomic E-state index is 8.59. The summed E-state index contributed by atoms with van der Waals surface area (Å²) in [5, 5.41) is 8.59. The molecule has 0 aliphatic rings. The van der Waals surface area contributed by atoms with Gasteiger partial charge in [0.15, 0.2) is 0 Å². The number of aliphatic hydroxyl groups is 1. The topological polar surface area (TPSA) is 46.2 Å². The van der Waals surface area contributed by atoms with Gasteiger partial charge in [-0.25, -0.2) is 0 Å². The van der Waals surface area contributed by atoms with Gasteiger partial charge >= 0.3 is 0 Å². The summed E-state index contributed by atoms with van der Waals surface area (Å²) in [6.45, 7) is 0.300. The van der Waals surface area contributed by atoms with Crippen molar-refractivity contribution in [3.05, 3.63) is 29.8 Å². The van der Waals surface area contributed by atoms with E-state index in [1.54, 1.807) is 0 Å². The van der Waals surface area contributed by atoms with Gasteiger partial charge in [0.05, 0.1) is 0 Å². The second-order valence-corrected chi connectivity index (χ2v) is 4.41. The van der Waals surface area contributed by atoms with E-state index in [9.17, 15) is 0 Å². The van der Waals surface area contributed by atoms with Crippen molar-refractivity contribution in [3.63, 3.8) is 0 Å². The number of nitrogens with two attached hydrogens (primary N) is 1. The zero-order chi connectivity index (χ0) is 10.2. The molecule has 3 N–H and O–H groups in total. The summed E-state index contributed by atoms with van der Waals surface area (Å²) >= 11 is 1.89. The van der Waals surface area contributed by atoms with Crippen LogP contribution in [-0.4, -0.2) is 23.2 Å². The summed E-state index contributed by atoms with van der Waals surface area (Å²) in [5.74, 6) is 2.16. The Labute approximate surface area is 89.5 Å². The highest BCUT2D eigenvalue weighted by molar-refractivity contribution is 7.99. The molecule has 3 heteroatoms. The predicted molar refractivity (Wildman–Crippen MR) is 63.6 cm³/mol. The van der Waals surface area contributed by atoms with E-state index in [0.717, 1.165) is 30.0 Å². The van der Waals surface area contributed by atoms with Crippen molar-refractivity contribution in [2.75, 3.05) is 23.8 Å². The molecule has 0 heterocycles. The van der Waals surface area contributed by atoms with Crippen molar-refractivity contribution in [3.8, 4) is 0 Å². The number of benzene rings is 1. The summed E-state index contributed by atoms with van der Waals surface area (Å²) in [7, 11) is 0. The number of hydrogen-bond acceptors (Lipinski definition) is 3. The quantitative estimate of drug-likeness (QED) is 0.558. The minimum Gasteiger partial charge on any atom is -0.399 e. The molecule has 0 amide bonds. The van der Waals surface area contributed by atoms with Crippen molar-refractivity contribution in [1.82, 2.24) is 0 Å². The van der Waals surface area contributed by atoms with Crippen LogP contribution in [0.3, 0.4) is 0 Å². The Morgan fingerprint density at radius 1 is 1.14 bits per heavy atom. The largest absolute Gasteiger partial charge is 0.399 e. The molecule has 0 spiro atoms.